The highest BCUT2D eigenvalue weighted by Gasteiger charge is 2.13. The Morgan fingerprint density at radius 2 is 2.24 bits per heavy atom. The van der Waals surface area contributed by atoms with Gasteiger partial charge in [-0.15, -0.1) is 0 Å². The number of nitrogens with two attached hydrogens (primary N) is 1. The highest BCUT2D eigenvalue weighted by Crippen LogP contribution is 2.22. The van der Waals surface area contributed by atoms with Crippen LogP contribution in [-0.2, 0) is 13.5 Å². The van der Waals surface area contributed by atoms with Crippen LogP contribution >= 0.6 is 15.9 Å². The Labute approximate surface area is 108 Å². The van der Waals surface area contributed by atoms with Gasteiger partial charge in [-0.1, -0.05) is 15.9 Å². The van der Waals surface area contributed by atoms with Crippen LogP contribution in [0.2, 0.25) is 0 Å². The zero-order valence-electron chi connectivity index (χ0n) is 9.40. The van der Waals surface area contributed by atoms with Gasteiger partial charge in [-0.25, -0.2) is 4.39 Å². The summed E-state index contributed by atoms with van der Waals surface area (Å²) in [6.07, 6.45) is 2.37. The Kier molecular flexibility index (Phi) is 3.59. The van der Waals surface area contributed by atoms with E-state index in [4.69, 9.17) is 5.73 Å². The van der Waals surface area contributed by atoms with Crippen LogP contribution in [0.5, 0.6) is 0 Å². The third kappa shape index (κ3) is 2.92. The summed E-state index contributed by atoms with van der Waals surface area (Å²) in [6.45, 7) is 0. The van der Waals surface area contributed by atoms with E-state index in [2.05, 4.69) is 21.0 Å². The molecule has 1 heterocycles. The number of hydrogen-bond donors (Lipinski definition) is 1. The fraction of sp³-hybridized carbons (Fsp3) is 0.250. The lowest BCUT2D eigenvalue weighted by atomic mass is 10.0. The number of hydrogen-bond acceptors (Lipinski definition) is 2. The van der Waals surface area contributed by atoms with Crippen molar-refractivity contribution >= 4 is 15.9 Å². The first-order valence-electron chi connectivity index (χ1n) is 5.25. The van der Waals surface area contributed by atoms with E-state index in [-0.39, 0.29) is 11.9 Å². The Bertz CT molecular complexity index is 524. The average molecular weight is 298 g/mol. The molecule has 0 aliphatic heterocycles. The molecule has 0 aliphatic rings. The van der Waals surface area contributed by atoms with Crippen molar-refractivity contribution in [2.75, 3.05) is 0 Å². The molecule has 3 nitrogen and oxygen atoms in total. The summed E-state index contributed by atoms with van der Waals surface area (Å²) >= 11 is 3.31. The van der Waals surface area contributed by atoms with Crippen molar-refractivity contribution in [1.29, 1.82) is 0 Å². The predicted octanol–water partition coefficient (Wildman–Crippen LogP) is 2.56. The van der Waals surface area contributed by atoms with E-state index in [1.54, 1.807) is 16.8 Å². The Hall–Kier alpha value is -1.20. The predicted molar refractivity (Wildman–Crippen MR) is 67.9 cm³/mol. The third-order valence-electron chi connectivity index (χ3n) is 2.56. The number of aromatic nitrogens is 2. The van der Waals surface area contributed by atoms with E-state index in [9.17, 15) is 4.39 Å². The first kappa shape index (κ1) is 12.3. The first-order chi connectivity index (χ1) is 8.06. The van der Waals surface area contributed by atoms with Crippen LogP contribution in [0.3, 0.4) is 0 Å². The lowest BCUT2D eigenvalue weighted by Crippen LogP contribution is -2.15. The monoisotopic (exact) mass is 297 g/mol. The second-order valence-electron chi connectivity index (χ2n) is 3.96. The van der Waals surface area contributed by atoms with Gasteiger partial charge >= 0.3 is 0 Å². The summed E-state index contributed by atoms with van der Waals surface area (Å²) < 4.78 is 16.1. The Morgan fingerprint density at radius 3 is 2.88 bits per heavy atom. The lowest BCUT2D eigenvalue weighted by Gasteiger charge is -2.12. The van der Waals surface area contributed by atoms with Gasteiger partial charge in [0.25, 0.3) is 0 Å². The summed E-state index contributed by atoms with van der Waals surface area (Å²) in [5.74, 6) is -0.281. The zero-order valence-corrected chi connectivity index (χ0v) is 11.0. The zero-order chi connectivity index (χ0) is 12.4. The summed E-state index contributed by atoms with van der Waals surface area (Å²) in [5, 5.41) is 4.23. The van der Waals surface area contributed by atoms with Gasteiger partial charge in [-0.2, -0.15) is 5.10 Å². The molecule has 0 aliphatic carbocycles. The summed E-state index contributed by atoms with van der Waals surface area (Å²) in [5.41, 5.74) is 7.36. The number of nitrogens with zero attached hydrogens (tertiary/aromatic N) is 2. The van der Waals surface area contributed by atoms with E-state index >= 15 is 0 Å². The molecule has 0 saturated carbocycles. The molecule has 0 spiro atoms. The van der Waals surface area contributed by atoms with Crippen LogP contribution in [0.25, 0.3) is 0 Å². The molecule has 2 rings (SSSR count). The van der Waals surface area contributed by atoms with Gasteiger partial charge in [0.15, 0.2) is 0 Å². The van der Waals surface area contributed by atoms with Crippen LogP contribution in [-0.4, -0.2) is 9.78 Å². The summed E-state index contributed by atoms with van der Waals surface area (Å²) in [7, 11) is 1.84. The molecule has 0 amide bonds. The van der Waals surface area contributed by atoms with Crippen molar-refractivity contribution in [2.45, 2.75) is 12.5 Å². The molecule has 1 aromatic carbocycles. The normalized spacial score (nSPS) is 12.7. The SMILES string of the molecule is Cn1ccc(CC(N)c2cc(Br)ccc2F)n1. The van der Waals surface area contributed by atoms with Crippen molar-refractivity contribution in [2.24, 2.45) is 12.8 Å². The smallest absolute Gasteiger partial charge is 0.128 e. The number of benzene rings is 1. The molecule has 90 valence electrons. The molecule has 0 saturated heterocycles. The fourth-order valence-corrected chi connectivity index (χ4v) is 2.08. The van der Waals surface area contributed by atoms with Gasteiger partial charge in [0.05, 0.1) is 5.69 Å². The molecular formula is C12H13BrFN3. The van der Waals surface area contributed by atoms with E-state index in [0.29, 0.717) is 12.0 Å². The minimum absolute atomic E-state index is 0.281. The maximum absolute atomic E-state index is 13.6. The lowest BCUT2D eigenvalue weighted by molar-refractivity contribution is 0.575. The topological polar surface area (TPSA) is 43.8 Å². The van der Waals surface area contributed by atoms with Gasteiger partial charge in [0.2, 0.25) is 0 Å². The van der Waals surface area contributed by atoms with Crippen molar-refractivity contribution in [3.63, 3.8) is 0 Å². The van der Waals surface area contributed by atoms with Crippen LogP contribution in [0.15, 0.2) is 34.9 Å². The molecule has 2 aromatic rings. The largest absolute Gasteiger partial charge is 0.324 e. The first-order valence-corrected chi connectivity index (χ1v) is 6.04. The minimum Gasteiger partial charge on any atom is -0.324 e. The standard InChI is InChI=1S/C12H13BrFN3/c1-17-5-4-9(16-17)7-12(15)10-6-8(13)2-3-11(10)14/h2-6,12H,7,15H2,1H3. The second kappa shape index (κ2) is 4.98. The average Bonchev–Trinajstić information content (AvgIpc) is 2.67. The van der Waals surface area contributed by atoms with Crippen LogP contribution < -0.4 is 5.73 Å². The molecule has 1 atom stereocenters. The number of rotatable bonds is 3. The molecule has 2 N–H and O–H groups in total. The molecule has 0 bridgehead atoms. The quantitative estimate of drug-likeness (QED) is 0.946. The van der Waals surface area contributed by atoms with Crippen molar-refractivity contribution in [3.05, 3.63) is 52.0 Å². The molecule has 0 radical (unpaired) electrons. The van der Waals surface area contributed by atoms with E-state index in [0.717, 1.165) is 10.2 Å². The number of aryl methyl sites for hydroxylation is 1. The molecule has 17 heavy (non-hydrogen) atoms. The van der Waals surface area contributed by atoms with Crippen LogP contribution in [0.1, 0.15) is 17.3 Å². The van der Waals surface area contributed by atoms with Gasteiger partial charge in [0, 0.05) is 35.7 Å². The highest BCUT2D eigenvalue weighted by molar-refractivity contribution is 9.10. The summed E-state index contributed by atoms with van der Waals surface area (Å²) in [4.78, 5) is 0. The van der Waals surface area contributed by atoms with Crippen molar-refractivity contribution in [1.82, 2.24) is 9.78 Å². The minimum atomic E-state index is -0.387. The summed E-state index contributed by atoms with van der Waals surface area (Å²) in [6, 6.07) is 6.28. The molecular weight excluding hydrogens is 285 g/mol. The van der Waals surface area contributed by atoms with Gasteiger partial charge in [-0.05, 0) is 24.3 Å². The maximum atomic E-state index is 13.6. The van der Waals surface area contributed by atoms with E-state index < -0.39 is 0 Å². The molecule has 5 heteroatoms. The van der Waals surface area contributed by atoms with Gasteiger partial charge < -0.3 is 5.73 Å². The van der Waals surface area contributed by atoms with E-state index in [1.807, 2.05) is 19.3 Å². The Balaban J connectivity index is 2.19. The van der Waals surface area contributed by atoms with Gasteiger partial charge in [-0.3, -0.25) is 4.68 Å². The van der Waals surface area contributed by atoms with Gasteiger partial charge in [0.1, 0.15) is 5.82 Å². The Morgan fingerprint density at radius 1 is 1.47 bits per heavy atom. The van der Waals surface area contributed by atoms with Crippen molar-refractivity contribution in [3.8, 4) is 0 Å². The number of halogens is 2. The van der Waals surface area contributed by atoms with E-state index in [1.165, 1.54) is 6.07 Å². The maximum Gasteiger partial charge on any atom is 0.128 e. The fourth-order valence-electron chi connectivity index (χ4n) is 1.71. The molecule has 1 aromatic heterocycles. The van der Waals surface area contributed by atoms with Crippen LogP contribution in [0.4, 0.5) is 4.39 Å². The second-order valence-corrected chi connectivity index (χ2v) is 4.87. The van der Waals surface area contributed by atoms with Crippen molar-refractivity contribution < 1.29 is 4.39 Å². The molecule has 0 fully saturated rings. The highest BCUT2D eigenvalue weighted by atomic mass is 79.9. The van der Waals surface area contributed by atoms with Crippen LogP contribution in [0, 0.1) is 5.82 Å². The molecule has 1 unspecified atom stereocenters. The third-order valence-corrected chi connectivity index (χ3v) is 3.05.